The topological polar surface area (TPSA) is 84.2 Å². The van der Waals surface area contributed by atoms with Gasteiger partial charge in [0.1, 0.15) is 0 Å². The number of nitrogens with one attached hydrogen (secondary N) is 1. The highest BCUT2D eigenvalue weighted by Crippen LogP contribution is 2.25. The minimum absolute atomic E-state index is 0.118. The van der Waals surface area contributed by atoms with Gasteiger partial charge >= 0.3 is 5.97 Å². The normalized spacial score (nSPS) is 11.4. The number of amides is 1. The predicted octanol–water partition coefficient (Wildman–Crippen LogP) is 3.93. The molecule has 6 nitrogen and oxygen atoms in total. The molecular formula is C21H29N3O3. The number of unbranched alkanes of at least 4 members (excludes halogenated alkanes) is 3. The fourth-order valence-electron chi connectivity index (χ4n) is 2.86. The van der Waals surface area contributed by atoms with Gasteiger partial charge in [-0.1, -0.05) is 51.8 Å². The van der Waals surface area contributed by atoms with Gasteiger partial charge in [0.25, 0.3) is 5.91 Å². The van der Waals surface area contributed by atoms with Crippen LogP contribution in [-0.2, 0) is 10.2 Å². The molecular weight excluding hydrogens is 342 g/mol. The smallest absolute Gasteiger partial charge is 0.303 e. The van der Waals surface area contributed by atoms with Gasteiger partial charge in [0.05, 0.1) is 16.9 Å². The van der Waals surface area contributed by atoms with Gasteiger partial charge < -0.3 is 10.4 Å². The zero-order valence-electron chi connectivity index (χ0n) is 16.4. The Hall–Kier alpha value is -2.63. The summed E-state index contributed by atoms with van der Waals surface area (Å²) in [5, 5.41) is 16.3. The number of carbonyl (C=O) groups is 2. The van der Waals surface area contributed by atoms with Crippen molar-refractivity contribution in [2.24, 2.45) is 0 Å². The van der Waals surface area contributed by atoms with E-state index in [0.29, 0.717) is 18.5 Å². The van der Waals surface area contributed by atoms with E-state index < -0.39 is 5.97 Å². The lowest BCUT2D eigenvalue weighted by molar-refractivity contribution is -0.137. The summed E-state index contributed by atoms with van der Waals surface area (Å²) in [5.41, 5.74) is 2.03. The molecule has 146 valence electrons. The molecule has 2 rings (SSSR count). The first-order chi connectivity index (χ1) is 12.8. The number of nitrogens with zero attached hydrogens (tertiary/aromatic N) is 2. The van der Waals surface area contributed by atoms with Crippen LogP contribution in [0.1, 0.15) is 68.9 Å². The molecule has 1 aromatic carbocycles. The number of carbonyl (C=O) groups excluding carboxylic acids is 1. The van der Waals surface area contributed by atoms with Crippen LogP contribution in [0.5, 0.6) is 0 Å². The molecule has 0 aliphatic rings. The van der Waals surface area contributed by atoms with E-state index in [1.54, 1.807) is 10.9 Å². The second-order valence-electron chi connectivity index (χ2n) is 7.74. The van der Waals surface area contributed by atoms with Gasteiger partial charge in [-0.15, -0.1) is 0 Å². The molecule has 0 fully saturated rings. The number of aromatic nitrogens is 2. The summed E-state index contributed by atoms with van der Waals surface area (Å²) in [7, 11) is 0. The van der Waals surface area contributed by atoms with Crippen molar-refractivity contribution in [3.05, 3.63) is 47.8 Å². The fraction of sp³-hybridized carbons (Fsp3) is 0.476. The zero-order valence-corrected chi connectivity index (χ0v) is 16.4. The molecule has 1 aromatic heterocycles. The van der Waals surface area contributed by atoms with Crippen molar-refractivity contribution in [2.45, 2.75) is 58.3 Å². The SMILES string of the molecule is CC(C)(C)c1nn(-c2ccccc2)cc1C(=O)NCCCCCCC(=O)O. The third kappa shape index (κ3) is 6.24. The Labute approximate surface area is 160 Å². The number of para-hydroxylation sites is 1. The van der Waals surface area contributed by atoms with Gasteiger partial charge in [-0.2, -0.15) is 5.10 Å². The molecule has 0 aliphatic carbocycles. The van der Waals surface area contributed by atoms with Crippen LogP contribution in [0, 0.1) is 0 Å². The standard InChI is InChI=1S/C21H29N3O3/c1-21(2,3)19-17(15-24(23-19)16-11-7-6-8-12-16)20(27)22-14-10-5-4-9-13-18(25)26/h6-8,11-12,15H,4-5,9-10,13-14H2,1-3H3,(H,22,27)(H,25,26). The molecule has 0 saturated carbocycles. The first kappa shape index (κ1) is 20.7. The maximum absolute atomic E-state index is 12.7. The number of hydrogen-bond acceptors (Lipinski definition) is 3. The van der Waals surface area contributed by atoms with Crippen LogP contribution in [0.2, 0.25) is 0 Å². The van der Waals surface area contributed by atoms with E-state index in [9.17, 15) is 9.59 Å². The molecule has 1 amide bonds. The Morgan fingerprint density at radius 1 is 1.07 bits per heavy atom. The highest BCUT2D eigenvalue weighted by molar-refractivity contribution is 5.95. The molecule has 27 heavy (non-hydrogen) atoms. The molecule has 0 bridgehead atoms. The third-order valence-electron chi connectivity index (χ3n) is 4.29. The second kappa shape index (κ2) is 9.35. The van der Waals surface area contributed by atoms with Crippen LogP contribution in [0.3, 0.4) is 0 Å². The van der Waals surface area contributed by atoms with Gasteiger partial charge in [0.15, 0.2) is 0 Å². The van der Waals surface area contributed by atoms with E-state index >= 15 is 0 Å². The Bertz CT molecular complexity index is 761. The lowest BCUT2D eigenvalue weighted by atomic mass is 9.89. The van der Waals surface area contributed by atoms with Gasteiger partial charge in [-0.25, -0.2) is 4.68 Å². The zero-order chi connectivity index (χ0) is 19.9. The van der Waals surface area contributed by atoms with Crippen LogP contribution in [0.15, 0.2) is 36.5 Å². The summed E-state index contributed by atoms with van der Waals surface area (Å²) in [6.45, 7) is 6.71. The fourth-order valence-corrected chi connectivity index (χ4v) is 2.86. The van der Waals surface area contributed by atoms with Crippen molar-refractivity contribution >= 4 is 11.9 Å². The van der Waals surface area contributed by atoms with Gasteiger partial charge in [-0.05, 0) is 25.0 Å². The summed E-state index contributed by atoms with van der Waals surface area (Å²) >= 11 is 0. The van der Waals surface area contributed by atoms with E-state index in [2.05, 4.69) is 10.4 Å². The largest absolute Gasteiger partial charge is 0.481 e. The Kier molecular flexibility index (Phi) is 7.16. The molecule has 2 aromatic rings. The van der Waals surface area contributed by atoms with Crippen LogP contribution < -0.4 is 5.32 Å². The molecule has 0 unspecified atom stereocenters. The summed E-state index contributed by atoms with van der Waals surface area (Å²) in [6, 6.07) is 9.74. The summed E-state index contributed by atoms with van der Waals surface area (Å²) in [6.07, 6.45) is 5.28. The maximum atomic E-state index is 12.7. The highest BCUT2D eigenvalue weighted by atomic mass is 16.4. The van der Waals surface area contributed by atoms with Crippen molar-refractivity contribution in [3.8, 4) is 5.69 Å². The minimum Gasteiger partial charge on any atom is -0.481 e. The average molecular weight is 371 g/mol. The quantitative estimate of drug-likeness (QED) is 0.654. The monoisotopic (exact) mass is 371 g/mol. The number of aliphatic carboxylic acids is 1. The van der Waals surface area contributed by atoms with Crippen LogP contribution in [-0.4, -0.2) is 33.3 Å². The number of benzene rings is 1. The molecule has 2 N–H and O–H groups in total. The second-order valence-corrected chi connectivity index (χ2v) is 7.74. The van der Waals surface area contributed by atoms with E-state index in [0.717, 1.165) is 30.6 Å². The highest BCUT2D eigenvalue weighted by Gasteiger charge is 2.26. The average Bonchev–Trinajstić information content (AvgIpc) is 3.07. The Morgan fingerprint density at radius 3 is 2.37 bits per heavy atom. The predicted molar refractivity (Wildman–Crippen MR) is 105 cm³/mol. The summed E-state index contributed by atoms with van der Waals surface area (Å²) in [4.78, 5) is 23.2. The molecule has 0 radical (unpaired) electrons. The molecule has 0 aliphatic heterocycles. The number of carboxylic acids is 1. The van der Waals surface area contributed by atoms with Crippen LogP contribution in [0.4, 0.5) is 0 Å². The Morgan fingerprint density at radius 2 is 1.74 bits per heavy atom. The summed E-state index contributed by atoms with van der Waals surface area (Å²) in [5.74, 6) is -0.874. The summed E-state index contributed by atoms with van der Waals surface area (Å²) < 4.78 is 1.75. The van der Waals surface area contributed by atoms with E-state index in [1.807, 2.05) is 51.1 Å². The van der Waals surface area contributed by atoms with Crippen molar-refractivity contribution < 1.29 is 14.7 Å². The van der Waals surface area contributed by atoms with E-state index in [-0.39, 0.29) is 17.7 Å². The number of carboxylic acid groups (broad SMARTS) is 1. The van der Waals surface area contributed by atoms with Crippen molar-refractivity contribution in [3.63, 3.8) is 0 Å². The number of rotatable bonds is 9. The van der Waals surface area contributed by atoms with E-state index in [1.165, 1.54) is 0 Å². The van der Waals surface area contributed by atoms with Crippen LogP contribution in [0.25, 0.3) is 5.69 Å². The first-order valence-electron chi connectivity index (χ1n) is 9.44. The first-order valence-corrected chi connectivity index (χ1v) is 9.44. The lowest BCUT2D eigenvalue weighted by Gasteiger charge is -2.17. The lowest BCUT2D eigenvalue weighted by Crippen LogP contribution is -2.27. The number of hydrogen-bond donors (Lipinski definition) is 2. The van der Waals surface area contributed by atoms with Crippen molar-refractivity contribution in [1.29, 1.82) is 0 Å². The maximum Gasteiger partial charge on any atom is 0.303 e. The molecule has 0 atom stereocenters. The van der Waals surface area contributed by atoms with E-state index in [4.69, 9.17) is 5.11 Å². The minimum atomic E-state index is -0.756. The van der Waals surface area contributed by atoms with Crippen molar-refractivity contribution in [1.82, 2.24) is 15.1 Å². The van der Waals surface area contributed by atoms with Crippen LogP contribution >= 0.6 is 0 Å². The van der Waals surface area contributed by atoms with Crippen molar-refractivity contribution in [2.75, 3.05) is 6.54 Å². The third-order valence-corrected chi connectivity index (χ3v) is 4.29. The van der Waals surface area contributed by atoms with Gasteiger partial charge in [0.2, 0.25) is 0 Å². The van der Waals surface area contributed by atoms with Gasteiger partial charge in [-0.3, -0.25) is 9.59 Å². The molecule has 6 heteroatoms. The van der Waals surface area contributed by atoms with Gasteiger partial charge in [0, 0.05) is 24.6 Å². The molecule has 0 spiro atoms. The molecule has 0 saturated heterocycles. The molecule has 1 heterocycles. The Balaban J connectivity index is 1.98.